The largest absolute Gasteiger partial charge is 1.00 e. The Labute approximate surface area is 489 Å². The molecule has 0 unspecified atom stereocenters. The fourth-order valence-corrected chi connectivity index (χ4v) is 12.1. The van der Waals surface area contributed by atoms with Gasteiger partial charge in [0, 0.05) is 47.4 Å². The van der Waals surface area contributed by atoms with Crippen molar-refractivity contribution in [3.05, 3.63) is 239 Å². The summed E-state index contributed by atoms with van der Waals surface area (Å²) >= 11 is 0. The Kier molecular flexibility index (Phi) is 20.2. The number of carbonyl (C=O) groups excluding carboxylic acids is 1. The molecule has 8 aromatic carbocycles. The van der Waals surface area contributed by atoms with Crippen LogP contribution < -0.4 is 39.8 Å². The van der Waals surface area contributed by atoms with Crippen molar-refractivity contribution in [2.45, 2.75) is 69.7 Å². The van der Waals surface area contributed by atoms with E-state index in [0.717, 1.165) is 66.4 Å². The van der Waals surface area contributed by atoms with E-state index < -0.39 is 26.0 Å². The number of aryl methyl sites for hydroxylation is 2. The van der Waals surface area contributed by atoms with Gasteiger partial charge in [-0.3, -0.25) is 9.59 Å². The molecule has 0 radical (unpaired) electrons. The van der Waals surface area contributed by atoms with Crippen LogP contribution in [0, 0.1) is 13.8 Å². The van der Waals surface area contributed by atoms with E-state index in [1.165, 1.54) is 7.94 Å². The van der Waals surface area contributed by atoms with Crippen molar-refractivity contribution in [3.8, 4) is 33.8 Å². The monoisotopic (exact) mass is 1130 g/mol. The summed E-state index contributed by atoms with van der Waals surface area (Å²) in [6.07, 6.45) is 3.10. The summed E-state index contributed by atoms with van der Waals surface area (Å²) in [6.45, 7) is 6.95. The van der Waals surface area contributed by atoms with Crippen LogP contribution in [0.2, 0.25) is 0 Å². The summed E-state index contributed by atoms with van der Waals surface area (Å²) < 4.78 is 74.8. The molecule has 10 rings (SSSR count). The van der Waals surface area contributed by atoms with E-state index in [2.05, 4.69) is 0 Å². The van der Waals surface area contributed by atoms with Gasteiger partial charge in [-0.25, -0.2) is 24.8 Å². The summed E-state index contributed by atoms with van der Waals surface area (Å²) in [6, 6.07) is 54.9. The number of esters is 1. The van der Waals surface area contributed by atoms with E-state index >= 15 is 0 Å². The number of fused-ring (bicyclic) bond motifs is 2. The normalized spacial score (nSPS) is 11.2. The number of carboxylic acid groups (broad SMARTS) is 1. The number of hydrogen-bond acceptors (Lipinski definition) is 12. The number of nitrogens with zero attached hydrogens (tertiary/aromatic N) is 2. The maximum atomic E-state index is 13.7. The first kappa shape index (κ1) is 61.4. The molecule has 0 aliphatic carbocycles. The molecule has 0 spiro atoms. The Morgan fingerprint density at radius 2 is 0.927 bits per heavy atom. The molecule has 6 N–H and O–H groups in total. The molecule has 0 aliphatic rings. The van der Waals surface area contributed by atoms with E-state index in [-0.39, 0.29) is 66.2 Å². The molecule has 2 heterocycles. The number of benzene rings is 8. The smallest absolute Gasteiger partial charge is 0.870 e. The van der Waals surface area contributed by atoms with Crippen molar-refractivity contribution in [2.75, 3.05) is 6.61 Å². The van der Waals surface area contributed by atoms with Gasteiger partial charge in [-0.2, -0.15) is 0 Å². The molecule has 18 heteroatoms. The minimum atomic E-state index is -3.86. The molecule has 15 nitrogen and oxygen atoms in total. The number of aromatic nitrogens is 2. The van der Waals surface area contributed by atoms with Gasteiger partial charge in [-0.1, -0.05) is 108 Å². The molecule has 0 amide bonds. The molecular weight excluding hydrogens is 1070 g/mol. The maximum Gasteiger partial charge on any atom is 1.00 e. The minimum absolute atomic E-state index is 0. The average molecular weight is 1130 g/mol. The third-order valence-electron chi connectivity index (χ3n) is 13.5. The van der Waals surface area contributed by atoms with E-state index in [1.807, 2.05) is 111 Å². The number of hydrogen-bond donors (Lipinski definition) is 3. The molecule has 0 aliphatic heterocycles. The second-order valence-corrected chi connectivity index (χ2v) is 22.8. The van der Waals surface area contributed by atoms with Gasteiger partial charge in [-0.05, 0) is 150 Å². The van der Waals surface area contributed by atoms with Crippen LogP contribution >= 0.6 is 0 Å². The van der Waals surface area contributed by atoms with Gasteiger partial charge in [0.1, 0.15) is 24.7 Å². The third-order valence-corrected chi connectivity index (χ3v) is 16.9. The van der Waals surface area contributed by atoms with Crippen molar-refractivity contribution in [1.82, 2.24) is 7.94 Å². The summed E-state index contributed by atoms with van der Waals surface area (Å²) in [7, 11) is -7.72. The van der Waals surface area contributed by atoms with Crippen LogP contribution in [-0.2, 0) is 73.5 Å². The van der Waals surface area contributed by atoms with E-state index in [4.69, 9.17) is 25.7 Å². The molecule has 10 aromatic rings. The Hall–Kier alpha value is -8.24. The number of para-hydroxylation sites is 2. The molecule has 0 saturated carbocycles. The zero-order valence-corrected chi connectivity index (χ0v) is 47.5. The predicted molar refractivity (Wildman–Crippen MR) is 313 cm³/mol. The zero-order valence-electron chi connectivity index (χ0n) is 45.9. The first-order valence-electron chi connectivity index (χ1n) is 25.9. The quantitative estimate of drug-likeness (QED) is 0.0510. The van der Waals surface area contributed by atoms with Crippen molar-refractivity contribution in [3.63, 3.8) is 0 Å². The molecule has 0 saturated heterocycles. The molecule has 2 aromatic heterocycles. The van der Waals surface area contributed by atoms with E-state index in [1.54, 1.807) is 104 Å². The molecule has 82 heavy (non-hydrogen) atoms. The van der Waals surface area contributed by atoms with Crippen molar-refractivity contribution >= 4 is 53.8 Å². The third kappa shape index (κ3) is 13.9. The van der Waals surface area contributed by atoms with Crippen LogP contribution in [-0.4, -0.2) is 53.9 Å². The predicted octanol–water partition coefficient (Wildman–Crippen LogP) is 8.34. The number of ether oxygens (including phenoxy) is 3. The van der Waals surface area contributed by atoms with Crippen LogP contribution in [0.4, 0.5) is 0 Å². The minimum Gasteiger partial charge on any atom is -0.870 e. The number of carboxylic acids is 1. The second-order valence-electron chi connectivity index (χ2n) is 19.2. The number of nitrogens with two attached hydrogens (primary N) is 2. The van der Waals surface area contributed by atoms with Gasteiger partial charge in [-0.15, -0.1) is 0 Å². The van der Waals surface area contributed by atoms with Crippen LogP contribution in [0.1, 0.15) is 51.4 Å². The Morgan fingerprint density at radius 1 is 0.512 bits per heavy atom. The van der Waals surface area contributed by atoms with Gasteiger partial charge in [0.05, 0.1) is 40.3 Å². The summed E-state index contributed by atoms with van der Waals surface area (Å²) in [5, 5.41) is 10.8. The first-order chi connectivity index (χ1) is 38.6. The molecular formula is C64H61LiN4O11S2. The van der Waals surface area contributed by atoms with Gasteiger partial charge >= 0.3 is 30.8 Å². The van der Waals surface area contributed by atoms with Gasteiger partial charge in [0.25, 0.3) is 20.0 Å². The second kappa shape index (κ2) is 27.0. The molecule has 416 valence electrons. The van der Waals surface area contributed by atoms with Crippen LogP contribution in [0.25, 0.3) is 44.1 Å². The first-order valence-corrected chi connectivity index (χ1v) is 28.7. The molecule has 0 bridgehead atoms. The number of carbonyl (C=O) groups is 2. The van der Waals surface area contributed by atoms with E-state index in [0.29, 0.717) is 53.4 Å². The SMILES string of the molecule is CCOC(=O)Cc1ccccc1OCc1cc(-c2cccc(CN)c2)c2ccn(S(=O)(=O)c3ccc(C)cc3)c2c1.Cc1ccc(S(=O)(=O)n2ccc3c(-c4cccc(CN)c4)cc(COc4ccccc4CC(=O)O)cc32)cc1.[Li+].[OH-]. The van der Waals surface area contributed by atoms with Gasteiger partial charge in [0.15, 0.2) is 0 Å². The van der Waals surface area contributed by atoms with Crippen LogP contribution in [0.5, 0.6) is 11.5 Å². The summed E-state index contributed by atoms with van der Waals surface area (Å²) in [5.41, 5.74) is 23.1. The topological polar surface area (TPSA) is 242 Å². The Morgan fingerprint density at radius 3 is 1.33 bits per heavy atom. The summed E-state index contributed by atoms with van der Waals surface area (Å²) in [4.78, 5) is 23.8. The van der Waals surface area contributed by atoms with Crippen molar-refractivity contribution < 1.29 is 70.1 Å². The van der Waals surface area contributed by atoms with Gasteiger partial charge in [0.2, 0.25) is 0 Å². The average Bonchev–Trinajstić information content (AvgIpc) is 4.16. The number of rotatable bonds is 19. The van der Waals surface area contributed by atoms with Crippen molar-refractivity contribution in [1.29, 1.82) is 0 Å². The molecule has 0 atom stereocenters. The van der Waals surface area contributed by atoms with Crippen LogP contribution in [0.3, 0.4) is 0 Å². The standard InChI is InChI=1S/C33H32N2O5S.C31H28N2O5S.Li.H2O/c1-3-39-33(36)20-27-8-4-5-10-32(27)40-22-25-18-30(26-9-6-7-24(17-26)21-34)29-15-16-35(31(29)19-25)41(37,38)28-13-11-23(2)12-14-28;1-21-9-11-26(12-10-21)39(36,37)33-14-13-27-28(24-7-4-5-22(15-24)19-32)16-23(17-29(27)33)20-38-30-8-3-2-6-25(30)18-31(34)35;;/h4-19H,3,20-22,34H2,1-2H3;2-17H,18-20,32H2,1H3,(H,34,35);;1H2/q;;+1;/p-1. The zero-order chi connectivity index (χ0) is 56.6. The van der Waals surface area contributed by atoms with E-state index in [9.17, 15) is 31.5 Å². The van der Waals surface area contributed by atoms with Gasteiger partial charge < -0.3 is 36.3 Å². The van der Waals surface area contributed by atoms with Crippen LogP contribution in [0.15, 0.2) is 204 Å². The summed E-state index contributed by atoms with van der Waals surface area (Å²) in [5.74, 6) is -0.246. The fraction of sp³-hybridized carbons (Fsp3) is 0.156. The Bertz CT molecular complexity index is 4120. The molecule has 0 fully saturated rings. The maximum absolute atomic E-state index is 13.7. The Balaban J connectivity index is 0.000000231. The van der Waals surface area contributed by atoms with Crippen molar-refractivity contribution in [2.24, 2.45) is 11.5 Å². The number of aliphatic carboxylic acids is 1. The fourth-order valence-electron chi connectivity index (χ4n) is 9.43.